The maximum atomic E-state index is 12.1. The third-order valence-corrected chi connectivity index (χ3v) is 3.91. The molecule has 1 N–H and O–H groups in total. The zero-order valence-electron chi connectivity index (χ0n) is 9.96. The van der Waals surface area contributed by atoms with Crippen molar-refractivity contribution < 1.29 is 14.7 Å². The molecule has 5 heteroatoms. The topological polar surface area (TPSA) is 57.6 Å². The molecule has 1 fully saturated rings. The minimum absolute atomic E-state index is 0.0645. The molecule has 1 aliphatic heterocycles. The summed E-state index contributed by atoms with van der Waals surface area (Å²) in [5.74, 6) is -0.915. The monoisotopic (exact) mass is 265 g/mol. The van der Waals surface area contributed by atoms with Gasteiger partial charge in [0.2, 0.25) is 0 Å². The van der Waals surface area contributed by atoms with E-state index in [9.17, 15) is 9.59 Å². The second-order valence-electron chi connectivity index (χ2n) is 4.23. The van der Waals surface area contributed by atoms with Crippen LogP contribution in [0.2, 0.25) is 0 Å². The van der Waals surface area contributed by atoms with Gasteiger partial charge >= 0.3 is 5.97 Å². The lowest BCUT2D eigenvalue weighted by Crippen LogP contribution is -2.35. The van der Waals surface area contributed by atoms with Gasteiger partial charge in [0.1, 0.15) is 0 Å². The number of carboxylic acid groups (broad SMARTS) is 1. The van der Waals surface area contributed by atoms with Crippen LogP contribution in [-0.4, -0.2) is 35.0 Å². The predicted octanol–water partition coefficient (Wildman–Crippen LogP) is 2.47. The molecule has 0 spiro atoms. The molecular weight excluding hydrogens is 250 g/mol. The van der Waals surface area contributed by atoms with Gasteiger partial charge in [0, 0.05) is 24.0 Å². The summed E-state index contributed by atoms with van der Waals surface area (Å²) in [6, 6.07) is 3.55. The Labute approximate surface area is 110 Å². The van der Waals surface area contributed by atoms with Crippen molar-refractivity contribution in [3.05, 3.63) is 28.0 Å². The first kappa shape index (κ1) is 12.8. The number of amides is 1. The highest BCUT2D eigenvalue weighted by Crippen LogP contribution is 2.21. The number of carbonyl (C=O) groups is 2. The Hall–Kier alpha value is -1.62. The van der Waals surface area contributed by atoms with E-state index in [-0.39, 0.29) is 5.91 Å². The summed E-state index contributed by atoms with van der Waals surface area (Å²) < 4.78 is 0. The van der Waals surface area contributed by atoms with E-state index >= 15 is 0 Å². The molecule has 0 atom stereocenters. The van der Waals surface area contributed by atoms with Crippen molar-refractivity contribution in [2.75, 3.05) is 13.1 Å². The molecule has 0 bridgehead atoms. The summed E-state index contributed by atoms with van der Waals surface area (Å²) >= 11 is 1.34. The van der Waals surface area contributed by atoms with E-state index in [4.69, 9.17) is 5.11 Å². The standard InChI is InChI=1S/C13H15NO3S/c15-12(16)7-5-10-4-6-11(18-10)13(17)14-8-2-1-3-9-14/h4-7H,1-3,8-9H2,(H,15,16). The molecule has 0 unspecified atom stereocenters. The highest BCUT2D eigenvalue weighted by atomic mass is 32.1. The number of likely N-dealkylation sites (tertiary alicyclic amines) is 1. The largest absolute Gasteiger partial charge is 0.478 e. The lowest BCUT2D eigenvalue weighted by atomic mass is 10.1. The molecule has 2 heterocycles. The van der Waals surface area contributed by atoms with Gasteiger partial charge in [-0.05, 0) is 37.5 Å². The van der Waals surface area contributed by atoms with E-state index < -0.39 is 5.97 Å². The molecule has 96 valence electrons. The normalized spacial score (nSPS) is 16.1. The Morgan fingerprint density at radius 1 is 1.22 bits per heavy atom. The molecule has 0 saturated carbocycles. The molecule has 1 saturated heterocycles. The van der Waals surface area contributed by atoms with Crippen LogP contribution in [0.25, 0.3) is 6.08 Å². The highest BCUT2D eigenvalue weighted by molar-refractivity contribution is 7.14. The van der Waals surface area contributed by atoms with Crippen molar-refractivity contribution >= 4 is 29.3 Å². The van der Waals surface area contributed by atoms with Crippen LogP contribution < -0.4 is 0 Å². The summed E-state index contributed by atoms with van der Waals surface area (Å²) in [4.78, 5) is 25.9. The zero-order valence-corrected chi connectivity index (χ0v) is 10.8. The van der Waals surface area contributed by atoms with E-state index in [1.807, 2.05) is 4.90 Å². The molecule has 0 radical (unpaired) electrons. The average Bonchev–Trinajstić information content (AvgIpc) is 2.85. The molecule has 0 aromatic carbocycles. The van der Waals surface area contributed by atoms with Crippen LogP contribution in [0.1, 0.15) is 33.8 Å². The van der Waals surface area contributed by atoms with Crippen LogP contribution in [0.4, 0.5) is 0 Å². The summed E-state index contributed by atoms with van der Waals surface area (Å²) in [5.41, 5.74) is 0. The van der Waals surface area contributed by atoms with Crippen LogP contribution in [0.15, 0.2) is 18.2 Å². The smallest absolute Gasteiger partial charge is 0.328 e. The lowest BCUT2D eigenvalue weighted by Gasteiger charge is -2.26. The minimum Gasteiger partial charge on any atom is -0.478 e. The van der Waals surface area contributed by atoms with Gasteiger partial charge in [0.25, 0.3) is 5.91 Å². The van der Waals surface area contributed by atoms with Crippen LogP contribution in [0.5, 0.6) is 0 Å². The molecule has 0 aliphatic carbocycles. The molecule has 1 aromatic rings. The summed E-state index contributed by atoms with van der Waals surface area (Å²) in [5, 5.41) is 8.54. The molecule has 1 amide bonds. The number of carbonyl (C=O) groups excluding carboxylic acids is 1. The summed E-state index contributed by atoms with van der Waals surface area (Å²) in [6.45, 7) is 1.66. The molecule has 1 aromatic heterocycles. The van der Waals surface area contributed by atoms with Crippen molar-refractivity contribution in [1.29, 1.82) is 0 Å². The van der Waals surface area contributed by atoms with Crippen molar-refractivity contribution in [3.8, 4) is 0 Å². The minimum atomic E-state index is -0.979. The van der Waals surface area contributed by atoms with Gasteiger partial charge in [0.15, 0.2) is 0 Å². The Kier molecular flexibility index (Phi) is 4.15. The Morgan fingerprint density at radius 3 is 2.61 bits per heavy atom. The molecule has 2 rings (SSSR count). The van der Waals surface area contributed by atoms with Crippen molar-refractivity contribution in [1.82, 2.24) is 4.90 Å². The third kappa shape index (κ3) is 3.20. The van der Waals surface area contributed by atoms with Gasteiger partial charge in [0.05, 0.1) is 4.88 Å². The second kappa shape index (κ2) is 5.82. The number of carboxylic acids is 1. The van der Waals surface area contributed by atoms with Crippen LogP contribution in [-0.2, 0) is 4.79 Å². The van der Waals surface area contributed by atoms with Gasteiger partial charge in [-0.3, -0.25) is 4.79 Å². The second-order valence-corrected chi connectivity index (χ2v) is 5.34. The van der Waals surface area contributed by atoms with E-state index in [0.29, 0.717) is 4.88 Å². The molecular formula is C13H15NO3S. The van der Waals surface area contributed by atoms with E-state index in [1.165, 1.54) is 23.8 Å². The number of rotatable bonds is 3. The number of hydrogen-bond donors (Lipinski definition) is 1. The van der Waals surface area contributed by atoms with E-state index in [0.717, 1.165) is 36.9 Å². The van der Waals surface area contributed by atoms with Crippen LogP contribution >= 0.6 is 11.3 Å². The SMILES string of the molecule is O=C(O)C=Cc1ccc(C(=O)N2CCCCC2)s1. The number of piperidine rings is 1. The van der Waals surface area contributed by atoms with Crippen molar-refractivity contribution in [2.45, 2.75) is 19.3 Å². The maximum absolute atomic E-state index is 12.1. The average molecular weight is 265 g/mol. The van der Waals surface area contributed by atoms with Crippen LogP contribution in [0.3, 0.4) is 0 Å². The third-order valence-electron chi connectivity index (χ3n) is 2.87. The molecule has 4 nitrogen and oxygen atoms in total. The van der Waals surface area contributed by atoms with Crippen molar-refractivity contribution in [3.63, 3.8) is 0 Å². The fourth-order valence-electron chi connectivity index (χ4n) is 1.96. The Bertz CT molecular complexity index is 472. The number of thiophene rings is 1. The fourth-order valence-corrected chi connectivity index (χ4v) is 2.84. The first-order valence-electron chi connectivity index (χ1n) is 5.97. The van der Waals surface area contributed by atoms with Gasteiger partial charge in [-0.1, -0.05) is 0 Å². The lowest BCUT2D eigenvalue weighted by molar-refractivity contribution is -0.131. The van der Waals surface area contributed by atoms with Gasteiger partial charge in [-0.15, -0.1) is 11.3 Å². The first-order valence-corrected chi connectivity index (χ1v) is 6.78. The predicted molar refractivity (Wildman–Crippen MR) is 70.7 cm³/mol. The number of hydrogen-bond acceptors (Lipinski definition) is 3. The summed E-state index contributed by atoms with van der Waals surface area (Å²) in [7, 11) is 0. The van der Waals surface area contributed by atoms with Gasteiger partial charge in [-0.25, -0.2) is 4.79 Å². The van der Waals surface area contributed by atoms with Crippen molar-refractivity contribution in [2.24, 2.45) is 0 Å². The van der Waals surface area contributed by atoms with E-state index in [1.54, 1.807) is 12.1 Å². The number of nitrogens with zero attached hydrogens (tertiary/aromatic N) is 1. The zero-order chi connectivity index (χ0) is 13.0. The quantitative estimate of drug-likeness (QED) is 0.854. The van der Waals surface area contributed by atoms with Crippen LogP contribution in [0, 0.1) is 0 Å². The molecule has 18 heavy (non-hydrogen) atoms. The maximum Gasteiger partial charge on any atom is 0.328 e. The van der Waals surface area contributed by atoms with Gasteiger partial charge in [-0.2, -0.15) is 0 Å². The highest BCUT2D eigenvalue weighted by Gasteiger charge is 2.19. The molecule has 1 aliphatic rings. The van der Waals surface area contributed by atoms with Gasteiger partial charge < -0.3 is 10.0 Å². The summed E-state index contributed by atoms with van der Waals surface area (Å²) in [6.07, 6.45) is 5.94. The Balaban J connectivity index is 2.04. The fraction of sp³-hybridized carbons (Fsp3) is 0.385. The number of aliphatic carboxylic acids is 1. The first-order chi connectivity index (χ1) is 8.66. The Morgan fingerprint density at radius 2 is 1.94 bits per heavy atom. The van der Waals surface area contributed by atoms with E-state index in [2.05, 4.69) is 0 Å².